The Kier molecular flexibility index (Phi) is 2.83. The molecule has 20 heavy (non-hydrogen) atoms. The van der Waals surface area contributed by atoms with Crippen molar-refractivity contribution in [1.82, 2.24) is 0 Å². The van der Waals surface area contributed by atoms with Gasteiger partial charge in [-0.05, 0) is 49.2 Å². The van der Waals surface area contributed by atoms with Gasteiger partial charge in [-0.25, -0.2) is 0 Å². The van der Waals surface area contributed by atoms with Crippen LogP contribution in [0, 0.1) is 13.8 Å². The first-order valence-corrected chi connectivity index (χ1v) is 6.40. The number of fused-ring (bicyclic) bond motifs is 1. The van der Waals surface area contributed by atoms with Gasteiger partial charge in [-0.3, -0.25) is 4.79 Å². The molecule has 3 nitrogen and oxygen atoms in total. The molecule has 3 rings (SSSR count). The van der Waals surface area contributed by atoms with Gasteiger partial charge >= 0.3 is 0 Å². The molecular formula is C17H14O3. The first-order chi connectivity index (χ1) is 9.56. The number of benzene rings is 2. The summed E-state index contributed by atoms with van der Waals surface area (Å²) in [7, 11) is 0. The fraction of sp³-hybridized carbons (Fsp3) is 0.118. The second kappa shape index (κ2) is 4.53. The van der Waals surface area contributed by atoms with E-state index >= 15 is 0 Å². The minimum atomic E-state index is -0.0646. The molecule has 1 heterocycles. The van der Waals surface area contributed by atoms with Crippen LogP contribution in [0.25, 0.3) is 22.3 Å². The van der Waals surface area contributed by atoms with E-state index in [2.05, 4.69) is 0 Å². The normalized spacial score (nSPS) is 10.9. The zero-order valence-electron chi connectivity index (χ0n) is 11.3. The van der Waals surface area contributed by atoms with Crippen molar-refractivity contribution in [2.75, 3.05) is 0 Å². The van der Waals surface area contributed by atoms with Gasteiger partial charge < -0.3 is 9.52 Å². The van der Waals surface area contributed by atoms with Crippen LogP contribution in [0.3, 0.4) is 0 Å². The molecule has 0 unspecified atom stereocenters. The van der Waals surface area contributed by atoms with Crippen molar-refractivity contribution in [3.63, 3.8) is 0 Å². The monoisotopic (exact) mass is 266 g/mol. The van der Waals surface area contributed by atoms with E-state index < -0.39 is 0 Å². The van der Waals surface area contributed by atoms with Crippen molar-refractivity contribution in [3.8, 4) is 17.1 Å². The van der Waals surface area contributed by atoms with Gasteiger partial charge in [0.25, 0.3) is 0 Å². The van der Waals surface area contributed by atoms with Crippen LogP contribution < -0.4 is 5.43 Å². The quantitative estimate of drug-likeness (QED) is 0.729. The number of aromatic hydroxyl groups is 1. The maximum atomic E-state index is 12.1. The van der Waals surface area contributed by atoms with Crippen LogP contribution in [0.1, 0.15) is 11.1 Å². The van der Waals surface area contributed by atoms with Crippen LogP contribution in [0.15, 0.2) is 51.7 Å². The Hall–Kier alpha value is -2.55. The van der Waals surface area contributed by atoms with E-state index in [1.54, 1.807) is 12.1 Å². The molecule has 0 spiro atoms. The molecule has 100 valence electrons. The molecule has 0 aliphatic rings. The molecule has 2 aromatic carbocycles. The Bertz CT molecular complexity index is 836. The summed E-state index contributed by atoms with van der Waals surface area (Å²) in [6, 6.07) is 12.3. The molecule has 0 fully saturated rings. The molecule has 0 aliphatic heterocycles. The lowest BCUT2D eigenvalue weighted by Crippen LogP contribution is -2.00. The lowest BCUT2D eigenvalue weighted by Gasteiger charge is -2.08. The fourth-order valence-electron chi connectivity index (χ4n) is 2.34. The molecule has 0 atom stereocenters. The van der Waals surface area contributed by atoms with Gasteiger partial charge in [0.05, 0.1) is 5.39 Å². The van der Waals surface area contributed by atoms with E-state index in [0.717, 1.165) is 16.7 Å². The fourth-order valence-corrected chi connectivity index (χ4v) is 2.34. The predicted octanol–water partition coefficient (Wildman–Crippen LogP) is 3.78. The third-order valence-corrected chi connectivity index (χ3v) is 3.41. The van der Waals surface area contributed by atoms with E-state index in [1.807, 2.05) is 38.1 Å². The number of rotatable bonds is 1. The van der Waals surface area contributed by atoms with Crippen molar-refractivity contribution in [3.05, 3.63) is 63.8 Å². The minimum absolute atomic E-state index is 0.0646. The van der Waals surface area contributed by atoms with Crippen molar-refractivity contribution in [2.45, 2.75) is 13.8 Å². The number of phenols is 1. The summed E-state index contributed by atoms with van der Waals surface area (Å²) in [4.78, 5) is 12.1. The third kappa shape index (κ3) is 1.97. The molecular weight excluding hydrogens is 252 g/mol. The highest BCUT2D eigenvalue weighted by Crippen LogP contribution is 2.29. The summed E-state index contributed by atoms with van der Waals surface area (Å²) in [6.07, 6.45) is 0. The highest BCUT2D eigenvalue weighted by Gasteiger charge is 2.09. The second-order valence-corrected chi connectivity index (χ2v) is 4.93. The summed E-state index contributed by atoms with van der Waals surface area (Å²) >= 11 is 0. The van der Waals surface area contributed by atoms with Crippen LogP contribution in [-0.4, -0.2) is 5.11 Å². The summed E-state index contributed by atoms with van der Waals surface area (Å²) < 4.78 is 5.80. The van der Waals surface area contributed by atoms with Crippen LogP contribution in [0.4, 0.5) is 0 Å². The number of hydrogen-bond acceptors (Lipinski definition) is 3. The number of phenolic OH excluding ortho intramolecular Hbond substituents is 1. The van der Waals surface area contributed by atoms with Gasteiger partial charge in [0.2, 0.25) is 0 Å². The molecule has 0 radical (unpaired) electrons. The highest BCUT2D eigenvalue weighted by molar-refractivity contribution is 5.78. The van der Waals surface area contributed by atoms with Gasteiger partial charge in [-0.1, -0.05) is 12.1 Å². The number of aryl methyl sites for hydroxylation is 2. The zero-order valence-corrected chi connectivity index (χ0v) is 11.3. The maximum Gasteiger partial charge on any atom is 0.193 e. The predicted molar refractivity (Wildman–Crippen MR) is 79.1 cm³/mol. The number of para-hydroxylation sites is 1. The Morgan fingerprint density at radius 2 is 1.65 bits per heavy atom. The summed E-state index contributed by atoms with van der Waals surface area (Å²) in [6.45, 7) is 3.65. The molecule has 1 aromatic heterocycles. The van der Waals surface area contributed by atoms with Gasteiger partial charge in [-0.15, -0.1) is 0 Å². The Balaban J connectivity index is 2.27. The summed E-state index contributed by atoms with van der Waals surface area (Å²) in [5, 5.41) is 10.4. The topological polar surface area (TPSA) is 50.4 Å². The van der Waals surface area contributed by atoms with Crippen molar-refractivity contribution < 1.29 is 9.52 Å². The summed E-state index contributed by atoms with van der Waals surface area (Å²) in [5.41, 5.74) is 2.82. The third-order valence-electron chi connectivity index (χ3n) is 3.41. The molecule has 1 N–H and O–H groups in total. The molecule has 0 saturated heterocycles. The first kappa shape index (κ1) is 12.5. The maximum absolute atomic E-state index is 12.1. The Morgan fingerprint density at radius 3 is 2.35 bits per heavy atom. The second-order valence-electron chi connectivity index (χ2n) is 4.93. The average Bonchev–Trinajstić information content (AvgIpc) is 2.44. The largest absolute Gasteiger partial charge is 0.507 e. The van der Waals surface area contributed by atoms with E-state index in [1.165, 1.54) is 6.07 Å². The van der Waals surface area contributed by atoms with Crippen molar-refractivity contribution in [2.24, 2.45) is 0 Å². The van der Waals surface area contributed by atoms with Gasteiger partial charge in [0.15, 0.2) is 5.43 Å². The van der Waals surface area contributed by atoms with Gasteiger partial charge in [0.1, 0.15) is 17.1 Å². The minimum Gasteiger partial charge on any atom is -0.507 e. The molecule has 0 amide bonds. The molecule has 0 saturated carbocycles. The lowest BCUT2D eigenvalue weighted by atomic mass is 10.0. The Labute approximate surface area is 116 Å². The van der Waals surface area contributed by atoms with Gasteiger partial charge in [-0.2, -0.15) is 0 Å². The van der Waals surface area contributed by atoms with Gasteiger partial charge in [0, 0.05) is 11.6 Å². The van der Waals surface area contributed by atoms with Crippen molar-refractivity contribution in [1.29, 1.82) is 0 Å². The lowest BCUT2D eigenvalue weighted by molar-refractivity contribution is 0.467. The van der Waals surface area contributed by atoms with E-state index in [-0.39, 0.29) is 11.2 Å². The standard InChI is InChI=1S/C17H14O3/c1-10-7-12(8-11(2)17(10)19)16-9-14(18)13-5-3-4-6-15(13)20-16/h3-9,19H,1-2H3. The highest BCUT2D eigenvalue weighted by atomic mass is 16.3. The molecule has 0 aliphatic carbocycles. The van der Waals surface area contributed by atoms with Crippen LogP contribution in [0.2, 0.25) is 0 Å². The van der Waals surface area contributed by atoms with E-state index in [9.17, 15) is 9.90 Å². The Morgan fingerprint density at radius 1 is 1.00 bits per heavy atom. The van der Waals surface area contributed by atoms with Crippen LogP contribution in [-0.2, 0) is 0 Å². The zero-order chi connectivity index (χ0) is 14.3. The van der Waals surface area contributed by atoms with Crippen molar-refractivity contribution >= 4 is 11.0 Å². The van der Waals surface area contributed by atoms with E-state index in [0.29, 0.717) is 16.7 Å². The summed E-state index contributed by atoms with van der Waals surface area (Å²) in [5.74, 6) is 0.789. The van der Waals surface area contributed by atoms with E-state index in [4.69, 9.17) is 4.42 Å². The number of hydrogen-bond donors (Lipinski definition) is 1. The molecule has 3 aromatic rings. The average molecular weight is 266 g/mol. The van der Waals surface area contributed by atoms with Crippen LogP contribution in [0.5, 0.6) is 5.75 Å². The molecule has 0 bridgehead atoms. The van der Waals surface area contributed by atoms with Crippen LogP contribution >= 0.6 is 0 Å². The smallest absolute Gasteiger partial charge is 0.193 e. The molecule has 3 heteroatoms. The first-order valence-electron chi connectivity index (χ1n) is 6.40. The SMILES string of the molecule is Cc1cc(-c2cc(=O)c3ccccc3o2)cc(C)c1O.